The molecule has 18 heavy (non-hydrogen) atoms. The molecule has 0 bridgehead atoms. The summed E-state index contributed by atoms with van der Waals surface area (Å²) < 4.78 is 5.05. The van der Waals surface area contributed by atoms with Crippen molar-refractivity contribution in [2.45, 2.75) is 33.2 Å². The van der Waals surface area contributed by atoms with E-state index in [1.54, 1.807) is 7.05 Å². The summed E-state index contributed by atoms with van der Waals surface area (Å²) >= 11 is 0. The number of hydroxylamine groups is 1. The van der Waals surface area contributed by atoms with Gasteiger partial charge in [-0.05, 0) is 20.3 Å². The average molecular weight is 255 g/mol. The molecule has 0 amide bonds. The van der Waals surface area contributed by atoms with Crippen molar-refractivity contribution < 1.29 is 9.57 Å². The second-order valence-electron chi connectivity index (χ2n) is 4.08. The number of aromatic nitrogens is 3. The lowest BCUT2D eigenvalue weighted by Gasteiger charge is -2.17. The Morgan fingerprint density at radius 1 is 1.28 bits per heavy atom. The second kappa shape index (κ2) is 6.95. The summed E-state index contributed by atoms with van der Waals surface area (Å²) in [6, 6.07) is 0.488. The molecule has 1 aromatic rings. The Labute approximate surface area is 108 Å². The zero-order chi connectivity index (χ0) is 13.5. The van der Waals surface area contributed by atoms with Gasteiger partial charge in [0.15, 0.2) is 0 Å². The van der Waals surface area contributed by atoms with Crippen LogP contribution in [0.3, 0.4) is 0 Å². The number of hydrogen-bond donors (Lipinski definition) is 1. The number of ether oxygens (including phenoxy) is 1. The molecular formula is C11H21N5O2. The Morgan fingerprint density at radius 3 is 2.56 bits per heavy atom. The normalized spacial score (nSPS) is 10.6. The summed E-state index contributed by atoms with van der Waals surface area (Å²) in [6.45, 7) is 6.66. The summed E-state index contributed by atoms with van der Waals surface area (Å²) in [5, 5.41) is 4.62. The summed E-state index contributed by atoms with van der Waals surface area (Å²) in [4.78, 5) is 17.9. The molecule has 0 aliphatic rings. The lowest BCUT2D eigenvalue weighted by atomic mass is 10.4. The SMILES string of the molecule is CCCON(C)c1nc(NC(C)C)nc(OC)n1. The van der Waals surface area contributed by atoms with E-state index < -0.39 is 0 Å². The molecule has 102 valence electrons. The minimum Gasteiger partial charge on any atom is -0.467 e. The van der Waals surface area contributed by atoms with Crippen LogP contribution in [0, 0.1) is 0 Å². The number of nitrogens with one attached hydrogen (secondary N) is 1. The minimum absolute atomic E-state index is 0.229. The Balaban J connectivity index is 2.88. The van der Waals surface area contributed by atoms with Gasteiger partial charge in [-0.1, -0.05) is 6.92 Å². The molecule has 1 N–H and O–H groups in total. The molecule has 1 heterocycles. The fraction of sp³-hybridized carbons (Fsp3) is 0.727. The van der Waals surface area contributed by atoms with Crippen molar-refractivity contribution in [2.24, 2.45) is 0 Å². The highest BCUT2D eigenvalue weighted by molar-refractivity contribution is 5.36. The molecule has 7 nitrogen and oxygen atoms in total. The van der Waals surface area contributed by atoms with Gasteiger partial charge in [0.05, 0.1) is 13.7 Å². The van der Waals surface area contributed by atoms with E-state index in [0.717, 1.165) is 6.42 Å². The van der Waals surface area contributed by atoms with E-state index in [2.05, 4.69) is 20.3 Å². The van der Waals surface area contributed by atoms with E-state index in [-0.39, 0.29) is 12.1 Å². The van der Waals surface area contributed by atoms with Crippen LogP contribution in [-0.4, -0.2) is 41.8 Å². The van der Waals surface area contributed by atoms with Crippen molar-refractivity contribution in [1.29, 1.82) is 0 Å². The van der Waals surface area contributed by atoms with Crippen LogP contribution in [0.2, 0.25) is 0 Å². The summed E-state index contributed by atoms with van der Waals surface area (Å²) in [6.07, 6.45) is 0.920. The van der Waals surface area contributed by atoms with Crippen molar-refractivity contribution in [3.8, 4) is 6.01 Å². The van der Waals surface area contributed by atoms with Crippen LogP contribution >= 0.6 is 0 Å². The highest BCUT2D eigenvalue weighted by Gasteiger charge is 2.11. The maximum absolute atomic E-state index is 5.43. The molecule has 0 radical (unpaired) electrons. The monoisotopic (exact) mass is 255 g/mol. The predicted molar refractivity (Wildman–Crippen MR) is 69.8 cm³/mol. The zero-order valence-corrected chi connectivity index (χ0v) is 11.6. The number of hydrogen-bond acceptors (Lipinski definition) is 7. The van der Waals surface area contributed by atoms with E-state index in [1.807, 2.05) is 20.8 Å². The molecule has 0 unspecified atom stereocenters. The van der Waals surface area contributed by atoms with Crippen molar-refractivity contribution >= 4 is 11.9 Å². The van der Waals surface area contributed by atoms with E-state index >= 15 is 0 Å². The largest absolute Gasteiger partial charge is 0.467 e. The molecule has 0 aliphatic carbocycles. The van der Waals surface area contributed by atoms with Gasteiger partial charge < -0.3 is 10.1 Å². The number of nitrogens with zero attached hydrogens (tertiary/aromatic N) is 4. The fourth-order valence-electron chi connectivity index (χ4n) is 1.19. The van der Waals surface area contributed by atoms with Gasteiger partial charge in [-0.3, -0.25) is 4.84 Å². The first-order valence-corrected chi connectivity index (χ1v) is 6.00. The highest BCUT2D eigenvalue weighted by atomic mass is 16.7. The van der Waals surface area contributed by atoms with Crippen LogP contribution in [0.15, 0.2) is 0 Å². The third-order valence-electron chi connectivity index (χ3n) is 1.97. The first-order valence-electron chi connectivity index (χ1n) is 6.00. The van der Waals surface area contributed by atoms with Crippen molar-refractivity contribution in [1.82, 2.24) is 15.0 Å². The highest BCUT2D eigenvalue weighted by Crippen LogP contribution is 2.14. The van der Waals surface area contributed by atoms with Gasteiger partial charge >= 0.3 is 6.01 Å². The lowest BCUT2D eigenvalue weighted by Crippen LogP contribution is -2.22. The molecule has 1 rings (SSSR count). The van der Waals surface area contributed by atoms with Crippen LogP contribution < -0.4 is 15.1 Å². The van der Waals surface area contributed by atoms with E-state index in [0.29, 0.717) is 18.5 Å². The Bertz CT molecular complexity index is 372. The van der Waals surface area contributed by atoms with Crippen LogP contribution in [-0.2, 0) is 4.84 Å². The zero-order valence-electron chi connectivity index (χ0n) is 11.6. The first kappa shape index (κ1) is 14.4. The van der Waals surface area contributed by atoms with Gasteiger partial charge in [-0.25, -0.2) is 5.06 Å². The van der Waals surface area contributed by atoms with Crippen LogP contribution in [0.25, 0.3) is 0 Å². The molecule has 0 aliphatic heterocycles. The molecule has 0 saturated carbocycles. The van der Waals surface area contributed by atoms with Crippen molar-refractivity contribution in [3.63, 3.8) is 0 Å². The van der Waals surface area contributed by atoms with Crippen LogP contribution in [0.4, 0.5) is 11.9 Å². The van der Waals surface area contributed by atoms with Gasteiger partial charge in [0, 0.05) is 13.1 Å². The van der Waals surface area contributed by atoms with E-state index in [4.69, 9.17) is 9.57 Å². The summed E-state index contributed by atoms with van der Waals surface area (Å²) in [5.41, 5.74) is 0. The minimum atomic E-state index is 0.229. The Morgan fingerprint density at radius 2 is 2.00 bits per heavy atom. The van der Waals surface area contributed by atoms with Gasteiger partial charge in [0.25, 0.3) is 5.95 Å². The lowest BCUT2D eigenvalue weighted by molar-refractivity contribution is 0.118. The summed E-state index contributed by atoms with van der Waals surface area (Å²) in [7, 11) is 3.27. The van der Waals surface area contributed by atoms with Crippen molar-refractivity contribution in [2.75, 3.05) is 31.1 Å². The molecule has 0 aromatic carbocycles. The number of rotatable bonds is 7. The maximum Gasteiger partial charge on any atom is 0.322 e. The number of methoxy groups -OCH3 is 1. The smallest absolute Gasteiger partial charge is 0.322 e. The topological polar surface area (TPSA) is 72.4 Å². The third kappa shape index (κ3) is 4.33. The molecular weight excluding hydrogens is 234 g/mol. The molecule has 0 saturated heterocycles. The fourth-order valence-corrected chi connectivity index (χ4v) is 1.19. The van der Waals surface area contributed by atoms with E-state index in [9.17, 15) is 0 Å². The van der Waals surface area contributed by atoms with Crippen LogP contribution in [0.5, 0.6) is 6.01 Å². The van der Waals surface area contributed by atoms with Gasteiger partial charge in [-0.2, -0.15) is 15.0 Å². The van der Waals surface area contributed by atoms with Crippen LogP contribution in [0.1, 0.15) is 27.2 Å². The molecule has 0 atom stereocenters. The second-order valence-corrected chi connectivity index (χ2v) is 4.08. The Hall–Kier alpha value is -1.63. The molecule has 1 aromatic heterocycles. The van der Waals surface area contributed by atoms with Gasteiger partial charge in [0.2, 0.25) is 5.95 Å². The van der Waals surface area contributed by atoms with Crippen molar-refractivity contribution in [3.05, 3.63) is 0 Å². The third-order valence-corrected chi connectivity index (χ3v) is 1.97. The predicted octanol–water partition coefficient (Wildman–Crippen LogP) is 1.48. The van der Waals surface area contributed by atoms with E-state index in [1.165, 1.54) is 12.2 Å². The summed E-state index contributed by atoms with van der Waals surface area (Å²) in [5.74, 6) is 0.886. The quantitative estimate of drug-likeness (QED) is 0.740. The number of anilines is 2. The first-order chi connectivity index (χ1) is 8.56. The molecule has 0 spiro atoms. The average Bonchev–Trinajstić information content (AvgIpc) is 2.34. The molecule has 7 heteroatoms. The maximum atomic E-state index is 5.43. The Kier molecular flexibility index (Phi) is 5.57. The standard InChI is InChI=1S/C11H21N5O2/c1-6-7-18-16(4)10-13-9(12-8(2)3)14-11(15-10)17-5/h8H,6-7H2,1-5H3,(H,12,13,14,15). The molecule has 0 fully saturated rings. The van der Waals surface area contributed by atoms with Gasteiger partial charge in [0.1, 0.15) is 0 Å². The van der Waals surface area contributed by atoms with Gasteiger partial charge in [-0.15, -0.1) is 0 Å².